The Morgan fingerprint density at radius 2 is 2.00 bits per heavy atom. The fraction of sp³-hybridized carbons (Fsp3) is 0.238. The van der Waals surface area contributed by atoms with E-state index in [0.29, 0.717) is 12.2 Å². The standard InChI is InChI=1S/C21H22N4O/c1-16(20-13-24-25(2)14-20)23-12-18-6-4-8-21(10-18)26-15-19-7-3-5-17(9-19)11-22/h3-10,13-14,16,23H,12,15H2,1-2H3. The van der Waals surface area contributed by atoms with Gasteiger partial charge in [-0.05, 0) is 42.3 Å². The number of nitriles is 1. The molecular weight excluding hydrogens is 324 g/mol. The van der Waals surface area contributed by atoms with Crippen molar-refractivity contribution in [3.05, 3.63) is 83.2 Å². The molecule has 26 heavy (non-hydrogen) atoms. The first-order valence-corrected chi connectivity index (χ1v) is 8.57. The topological polar surface area (TPSA) is 62.9 Å². The van der Waals surface area contributed by atoms with Crippen molar-refractivity contribution in [2.45, 2.75) is 26.1 Å². The highest BCUT2D eigenvalue weighted by molar-refractivity contribution is 5.33. The molecule has 0 saturated carbocycles. The van der Waals surface area contributed by atoms with Crippen molar-refractivity contribution >= 4 is 0 Å². The molecule has 132 valence electrons. The number of nitrogens with zero attached hydrogens (tertiary/aromatic N) is 3. The Hall–Kier alpha value is -3.10. The third-order valence-corrected chi connectivity index (χ3v) is 4.20. The van der Waals surface area contributed by atoms with Crippen LogP contribution in [-0.2, 0) is 20.2 Å². The van der Waals surface area contributed by atoms with Gasteiger partial charge in [-0.3, -0.25) is 4.68 Å². The number of rotatable bonds is 7. The SMILES string of the molecule is CC(NCc1cccc(OCc2cccc(C#N)c2)c1)c1cnn(C)c1. The minimum atomic E-state index is 0.224. The van der Waals surface area contributed by atoms with Gasteiger partial charge < -0.3 is 10.1 Å². The van der Waals surface area contributed by atoms with Gasteiger partial charge in [0.25, 0.3) is 0 Å². The highest BCUT2D eigenvalue weighted by atomic mass is 16.5. The Balaban J connectivity index is 1.56. The molecule has 1 atom stereocenters. The van der Waals surface area contributed by atoms with Crippen LogP contribution >= 0.6 is 0 Å². The molecule has 1 aromatic heterocycles. The minimum absolute atomic E-state index is 0.224. The zero-order valence-electron chi connectivity index (χ0n) is 15.0. The molecule has 5 nitrogen and oxygen atoms in total. The third kappa shape index (κ3) is 4.71. The molecule has 3 rings (SSSR count). The maximum Gasteiger partial charge on any atom is 0.120 e. The van der Waals surface area contributed by atoms with Gasteiger partial charge in [0.15, 0.2) is 0 Å². The summed E-state index contributed by atoms with van der Waals surface area (Å²) in [6.07, 6.45) is 3.90. The van der Waals surface area contributed by atoms with E-state index in [1.54, 1.807) is 6.07 Å². The molecule has 2 aromatic carbocycles. The molecule has 0 amide bonds. The van der Waals surface area contributed by atoms with Gasteiger partial charge in [0.05, 0.1) is 17.8 Å². The van der Waals surface area contributed by atoms with Gasteiger partial charge in [0.1, 0.15) is 12.4 Å². The van der Waals surface area contributed by atoms with Crippen LogP contribution < -0.4 is 10.1 Å². The summed E-state index contributed by atoms with van der Waals surface area (Å²) >= 11 is 0. The molecule has 0 spiro atoms. The monoisotopic (exact) mass is 346 g/mol. The Morgan fingerprint density at radius 3 is 2.77 bits per heavy atom. The summed E-state index contributed by atoms with van der Waals surface area (Å²) in [5.41, 5.74) is 3.95. The summed E-state index contributed by atoms with van der Waals surface area (Å²) in [7, 11) is 1.92. The molecule has 0 radical (unpaired) electrons. The summed E-state index contributed by atoms with van der Waals surface area (Å²) in [6.45, 7) is 3.31. The molecule has 0 aliphatic carbocycles. The second-order valence-electron chi connectivity index (χ2n) is 6.30. The lowest BCUT2D eigenvalue weighted by Gasteiger charge is -2.13. The predicted molar refractivity (Wildman–Crippen MR) is 100 cm³/mol. The molecule has 3 aromatic rings. The highest BCUT2D eigenvalue weighted by Crippen LogP contribution is 2.17. The van der Waals surface area contributed by atoms with Crippen molar-refractivity contribution < 1.29 is 4.74 Å². The van der Waals surface area contributed by atoms with Gasteiger partial charge in [0, 0.05) is 31.4 Å². The fourth-order valence-electron chi connectivity index (χ4n) is 2.70. The van der Waals surface area contributed by atoms with E-state index in [9.17, 15) is 0 Å². The van der Waals surface area contributed by atoms with Gasteiger partial charge in [-0.1, -0.05) is 24.3 Å². The number of ether oxygens (including phenoxy) is 1. The molecule has 5 heteroatoms. The Bertz CT molecular complexity index is 910. The zero-order chi connectivity index (χ0) is 18.4. The number of benzene rings is 2. The van der Waals surface area contributed by atoms with Gasteiger partial charge in [-0.2, -0.15) is 10.4 Å². The molecule has 1 unspecified atom stereocenters. The molecule has 0 aliphatic heterocycles. The van der Waals surface area contributed by atoms with E-state index in [0.717, 1.165) is 29.0 Å². The largest absolute Gasteiger partial charge is 0.489 e. The zero-order valence-corrected chi connectivity index (χ0v) is 15.0. The number of hydrogen-bond acceptors (Lipinski definition) is 4. The summed E-state index contributed by atoms with van der Waals surface area (Å²) in [4.78, 5) is 0. The van der Waals surface area contributed by atoms with E-state index in [2.05, 4.69) is 29.5 Å². The quantitative estimate of drug-likeness (QED) is 0.708. The molecule has 1 N–H and O–H groups in total. The number of nitrogens with one attached hydrogen (secondary N) is 1. The molecule has 0 saturated heterocycles. The van der Waals surface area contributed by atoms with Crippen LogP contribution in [-0.4, -0.2) is 9.78 Å². The second-order valence-corrected chi connectivity index (χ2v) is 6.30. The summed E-state index contributed by atoms with van der Waals surface area (Å²) in [5.74, 6) is 0.820. The normalized spacial score (nSPS) is 11.7. The summed E-state index contributed by atoms with van der Waals surface area (Å²) < 4.78 is 7.69. The van der Waals surface area contributed by atoms with E-state index in [-0.39, 0.29) is 6.04 Å². The Labute approximate surface area is 153 Å². The maximum absolute atomic E-state index is 8.97. The molecule has 0 aliphatic rings. The fourth-order valence-corrected chi connectivity index (χ4v) is 2.70. The minimum Gasteiger partial charge on any atom is -0.489 e. The first-order chi connectivity index (χ1) is 12.6. The van der Waals surface area contributed by atoms with Crippen LogP contribution in [0.1, 0.15) is 35.2 Å². The van der Waals surface area contributed by atoms with E-state index in [4.69, 9.17) is 10.00 Å². The van der Waals surface area contributed by atoms with Crippen molar-refractivity contribution in [2.75, 3.05) is 0 Å². The first-order valence-electron chi connectivity index (χ1n) is 8.57. The smallest absolute Gasteiger partial charge is 0.120 e. The molecule has 0 bridgehead atoms. The summed E-state index contributed by atoms with van der Waals surface area (Å²) in [6, 6.07) is 17.9. The van der Waals surface area contributed by atoms with Crippen molar-refractivity contribution in [1.29, 1.82) is 5.26 Å². The molecule has 0 fully saturated rings. The van der Waals surface area contributed by atoms with Crippen molar-refractivity contribution in [1.82, 2.24) is 15.1 Å². The van der Waals surface area contributed by atoms with Gasteiger partial charge >= 0.3 is 0 Å². The van der Waals surface area contributed by atoms with Gasteiger partial charge in [-0.15, -0.1) is 0 Å². The van der Waals surface area contributed by atoms with Crippen LogP contribution in [0.15, 0.2) is 60.9 Å². The lowest BCUT2D eigenvalue weighted by atomic mass is 10.1. The van der Waals surface area contributed by atoms with Crippen molar-refractivity contribution in [3.8, 4) is 11.8 Å². The van der Waals surface area contributed by atoms with Crippen molar-refractivity contribution in [2.24, 2.45) is 7.05 Å². The predicted octanol–water partition coefficient (Wildman–Crippen LogP) is 3.72. The van der Waals surface area contributed by atoms with Crippen molar-refractivity contribution in [3.63, 3.8) is 0 Å². The highest BCUT2D eigenvalue weighted by Gasteiger charge is 2.07. The third-order valence-electron chi connectivity index (χ3n) is 4.20. The second kappa shape index (κ2) is 8.32. The first kappa shape index (κ1) is 17.7. The lowest BCUT2D eigenvalue weighted by molar-refractivity contribution is 0.306. The van der Waals surface area contributed by atoms with Crippen LogP contribution in [0.25, 0.3) is 0 Å². The summed E-state index contributed by atoms with van der Waals surface area (Å²) in [5, 5.41) is 16.7. The van der Waals surface area contributed by atoms with Gasteiger partial charge in [-0.25, -0.2) is 0 Å². The van der Waals surface area contributed by atoms with Crippen LogP contribution in [0, 0.1) is 11.3 Å². The Morgan fingerprint density at radius 1 is 1.19 bits per heavy atom. The van der Waals surface area contributed by atoms with Crippen LogP contribution in [0.3, 0.4) is 0 Å². The van der Waals surface area contributed by atoms with Crippen LogP contribution in [0.5, 0.6) is 5.75 Å². The number of hydrogen-bond donors (Lipinski definition) is 1. The van der Waals surface area contributed by atoms with E-state index < -0.39 is 0 Å². The van der Waals surface area contributed by atoms with Crippen LogP contribution in [0.4, 0.5) is 0 Å². The molecular formula is C21H22N4O. The van der Waals surface area contributed by atoms with Gasteiger partial charge in [0.2, 0.25) is 0 Å². The van der Waals surface area contributed by atoms with Crippen LogP contribution in [0.2, 0.25) is 0 Å². The van der Waals surface area contributed by atoms with E-state index >= 15 is 0 Å². The maximum atomic E-state index is 8.97. The van der Waals surface area contributed by atoms with E-state index in [1.807, 2.05) is 60.5 Å². The molecule has 1 heterocycles. The number of aromatic nitrogens is 2. The average Bonchev–Trinajstić information content (AvgIpc) is 3.11. The Kier molecular flexibility index (Phi) is 5.67. The lowest BCUT2D eigenvalue weighted by Crippen LogP contribution is -2.17. The number of aryl methyl sites for hydroxylation is 1. The van der Waals surface area contributed by atoms with E-state index in [1.165, 1.54) is 0 Å². The average molecular weight is 346 g/mol.